The Hall–Kier alpha value is -3.86. The van der Waals surface area contributed by atoms with Crippen LogP contribution in [0.2, 0.25) is 0 Å². The first-order valence-electron chi connectivity index (χ1n) is 18.6. The largest absolute Gasteiger partial charge is 0.416 e. The minimum atomic E-state index is -4.62. The number of hydrogen-bond acceptors (Lipinski definition) is 6. The van der Waals surface area contributed by atoms with Crippen LogP contribution in [0.3, 0.4) is 0 Å². The number of ketones is 1. The van der Waals surface area contributed by atoms with E-state index >= 15 is 0 Å². The highest BCUT2D eigenvalue weighted by Crippen LogP contribution is 2.59. The summed E-state index contributed by atoms with van der Waals surface area (Å²) in [5, 5.41) is 46.6. The van der Waals surface area contributed by atoms with E-state index in [4.69, 9.17) is 0 Å². The molecular weight excluding hydrogens is 679 g/mol. The molecule has 1 saturated carbocycles. The first-order chi connectivity index (χ1) is 25.2. The van der Waals surface area contributed by atoms with Crippen LogP contribution < -0.4 is 0 Å². The van der Waals surface area contributed by atoms with Crippen LogP contribution in [-0.4, -0.2) is 68.6 Å². The van der Waals surface area contributed by atoms with Crippen molar-refractivity contribution >= 4 is 16.6 Å². The summed E-state index contributed by atoms with van der Waals surface area (Å²) in [6, 6.07) is 24.1. The van der Waals surface area contributed by atoms with Crippen molar-refractivity contribution in [2.75, 3.05) is 19.7 Å². The van der Waals surface area contributed by atoms with Crippen LogP contribution in [0.15, 0.2) is 96.6 Å². The summed E-state index contributed by atoms with van der Waals surface area (Å²) in [4.78, 5) is 16.3. The molecule has 3 aliphatic rings. The fourth-order valence-corrected chi connectivity index (χ4v) is 8.77. The predicted molar refractivity (Wildman–Crippen MR) is 201 cm³/mol. The number of nitrogens with zero attached hydrogens (tertiary/aromatic N) is 1. The number of fused-ring (bicyclic) bond motifs is 9. The van der Waals surface area contributed by atoms with Crippen LogP contribution in [-0.2, 0) is 19.1 Å². The first kappa shape index (κ1) is 38.9. The Balaban J connectivity index is 1.43. The van der Waals surface area contributed by atoms with Gasteiger partial charge in [0.1, 0.15) is 0 Å². The van der Waals surface area contributed by atoms with Gasteiger partial charge in [-0.2, -0.15) is 13.2 Å². The molecule has 0 spiro atoms. The summed E-state index contributed by atoms with van der Waals surface area (Å²) in [6.45, 7) is 4.38. The molecule has 4 N–H and O–H groups in total. The Morgan fingerprint density at radius 2 is 1.74 bits per heavy atom. The number of rotatable bonds is 9. The van der Waals surface area contributed by atoms with Crippen LogP contribution in [0.25, 0.3) is 10.8 Å². The molecule has 2 bridgehead atoms. The second-order valence-electron chi connectivity index (χ2n) is 15.5. The summed E-state index contributed by atoms with van der Waals surface area (Å²) in [5.41, 5.74) is 0.725. The van der Waals surface area contributed by atoms with E-state index in [2.05, 4.69) is 13.0 Å². The number of carbonyl (C=O) groups is 1. The summed E-state index contributed by atoms with van der Waals surface area (Å²) < 4.78 is 41.3. The molecule has 0 aliphatic heterocycles. The van der Waals surface area contributed by atoms with E-state index in [0.717, 1.165) is 34.0 Å². The Morgan fingerprint density at radius 1 is 0.981 bits per heavy atom. The third-order valence-electron chi connectivity index (χ3n) is 11.8. The number of benzene rings is 4. The average molecular weight is 730 g/mol. The Morgan fingerprint density at radius 3 is 2.51 bits per heavy atom. The van der Waals surface area contributed by atoms with Crippen LogP contribution in [0.1, 0.15) is 96.5 Å². The zero-order valence-electron chi connectivity index (χ0n) is 30.4. The van der Waals surface area contributed by atoms with E-state index in [9.17, 15) is 38.4 Å². The highest BCUT2D eigenvalue weighted by molar-refractivity contribution is 6.10. The highest BCUT2D eigenvalue weighted by atomic mass is 19.4. The lowest BCUT2D eigenvalue weighted by Crippen LogP contribution is -2.53. The molecule has 3 aliphatic carbocycles. The molecule has 0 amide bonds. The molecule has 6 nitrogen and oxygen atoms in total. The van der Waals surface area contributed by atoms with Crippen molar-refractivity contribution in [2.45, 2.75) is 95.2 Å². The van der Waals surface area contributed by atoms with Crippen LogP contribution in [0.5, 0.6) is 0 Å². The third-order valence-corrected chi connectivity index (χ3v) is 11.8. The van der Waals surface area contributed by atoms with Crippen molar-refractivity contribution in [3.63, 3.8) is 0 Å². The topological polar surface area (TPSA) is 101 Å². The van der Waals surface area contributed by atoms with E-state index < -0.39 is 47.4 Å². The third kappa shape index (κ3) is 8.45. The van der Waals surface area contributed by atoms with Gasteiger partial charge in [-0.15, -0.1) is 0 Å². The summed E-state index contributed by atoms with van der Waals surface area (Å²) in [6.07, 6.45) is -0.586. The number of aliphatic hydroxyl groups is 4. The van der Waals surface area contributed by atoms with E-state index in [1.165, 1.54) is 12.1 Å². The number of hydrogen-bond donors (Lipinski definition) is 4. The molecule has 0 radical (unpaired) electrons. The smallest absolute Gasteiger partial charge is 0.394 e. The Bertz CT molecular complexity index is 1950. The molecule has 4 aromatic rings. The van der Waals surface area contributed by atoms with Gasteiger partial charge < -0.3 is 20.4 Å². The zero-order chi connectivity index (χ0) is 38.0. The molecule has 9 heteroatoms. The van der Waals surface area contributed by atoms with Crippen molar-refractivity contribution in [1.82, 2.24) is 4.90 Å². The van der Waals surface area contributed by atoms with Crippen molar-refractivity contribution in [1.29, 1.82) is 0 Å². The number of aliphatic hydroxyl groups excluding tert-OH is 3. The summed E-state index contributed by atoms with van der Waals surface area (Å²) in [7, 11) is 0. The Kier molecular flexibility index (Phi) is 11.6. The number of carbonyl (C=O) groups excluding carboxylic acids is 1. The fourth-order valence-electron chi connectivity index (χ4n) is 8.77. The highest BCUT2D eigenvalue weighted by Gasteiger charge is 2.57. The zero-order valence-corrected chi connectivity index (χ0v) is 30.4. The lowest BCUT2D eigenvalue weighted by Gasteiger charge is -2.46. The Labute approximate surface area is 309 Å². The van der Waals surface area contributed by atoms with Crippen molar-refractivity contribution in [2.24, 2.45) is 5.41 Å². The SMILES string of the molecule is CC1=CCC[C@@]2(C)[C@@H](CC[C@@]2(O)CN(Cc2cccc3ccccc23)C[C@H](O)CO)c2ccc(cc2C(=O)c2cccc(C(F)(F)F)c2)C[C@@H](O)CC1. The number of alkyl halides is 3. The average Bonchev–Trinajstić information content (AvgIpc) is 3.38. The molecular formula is C44H50F3NO5. The molecule has 0 unspecified atom stereocenters. The molecule has 282 valence electrons. The maximum absolute atomic E-state index is 14.3. The standard InChI is InChI=1S/C44H50F3NO5/c1-29-8-7-20-42(2)40(19-21-43(42,53)28-48(26-36(51)27-49)25-33-12-5-10-31-9-3-4-14-37(31)33)38-18-16-30(22-35(50)17-15-29)23-39(38)41(52)32-11-6-13-34(24-32)44(45,46)47/h3-6,8-14,16,18,23-24,35-36,40,49-51,53H,7,15,17,19-22,25-28H2,1-2H3/t35-,36-,40-,42-,43+/m0/s1. The summed E-state index contributed by atoms with van der Waals surface area (Å²) in [5.74, 6) is -0.873. The van der Waals surface area contributed by atoms with Gasteiger partial charge in [0, 0.05) is 36.2 Å². The molecule has 1 fully saturated rings. The van der Waals surface area contributed by atoms with Crippen LogP contribution in [0, 0.1) is 5.41 Å². The molecule has 7 rings (SSSR count). The second-order valence-corrected chi connectivity index (χ2v) is 15.5. The van der Waals surface area contributed by atoms with Gasteiger partial charge in [-0.25, -0.2) is 0 Å². The monoisotopic (exact) mass is 729 g/mol. The van der Waals surface area contributed by atoms with Crippen molar-refractivity contribution in [3.05, 3.63) is 130 Å². The van der Waals surface area contributed by atoms with Gasteiger partial charge in [0.05, 0.1) is 30.0 Å². The van der Waals surface area contributed by atoms with Gasteiger partial charge in [0.25, 0.3) is 0 Å². The van der Waals surface area contributed by atoms with Gasteiger partial charge in [-0.05, 0) is 103 Å². The van der Waals surface area contributed by atoms with Gasteiger partial charge in [0.15, 0.2) is 5.78 Å². The lowest BCUT2D eigenvalue weighted by molar-refractivity contribution is -0.137. The normalized spacial score (nSPS) is 24.5. The maximum atomic E-state index is 14.3. The predicted octanol–water partition coefficient (Wildman–Crippen LogP) is 7.98. The number of allylic oxidation sites excluding steroid dienone is 2. The van der Waals surface area contributed by atoms with E-state index in [1.54, 1.807) is 6.07 Å². The van der Waals surface area contributed by atoms with Crippen molar-refractivity contribution < 1.29 is 38.4 Å². The maximum Gasteiger partial charge on any atom is 0.416 e. The number of halogens is 3. The minimum Gasteiger partial charge on any atom is -0.394 e. The van der Waals surface area contributed by atoms with Gasteiger partial charge in [-0.3, -0.25) is 9.69 Å². The van der Waals surface area contributed by atoms with E-state index in [1.807, 2.05) is 66.4 Å². The van der Waals surface area contributed by atoms with Crippen molar-refractivity contribution in [3.8, 4) is 0 Å². The fraction of sp³-hybridized carbons (Fsp3) is 0.432. The molecule has 0 heterocycles. The molecule has 0 saturated heterocycles. The molecule has 5 atom stereocenters. The minimum absolute atomic E-state index is 0.0762. The van der Waals surface area contributed by atoms with E-state index in [0.29, 0.717) is 62.6 Å². The van der Waals surface area contributed by atoms with Gasteiger partial charge >= 0.3 is 6.18 Å². The quantitative estimate of drug-likeness (QED) is 0.103. The molecule has 4 aromatic carbocycles. The molecule has 0 aromatic heterocycles. The van der Waals surface area contributed by atoms with E-state index in [-0.39, 0.29) is 30.1 Å². The first-order valence-corrected chi connectivity index (χ1v) is 18.6. The molecule has 53 heavy (non-hydrogen) atoms. The van der Waals surface area contributed by atoms with Gasteiger partial charge in [-0.1, -0.05) is 85.3 Å². The van der Waals surface area contributed by atoms with Gasteiger partial charge in [0.2, 0.25) is 0 Å². The second kappa shape index (κ2) is 15.9. The lowest BCUT2D eigenvalue weighted by atomic mass is 9.64. The summed E-state index contributed by atoms with van der Waals surface area (Å²) >= 11 is 0. The van der Waals surface area contributed by atoms with Crippen LogP contribution in [0.4, 0.5) is 13.2 Å². The van der Waals surface area contributed by atoms with Crippen LogP contribution >= 0.6 is 0 Å².